The first-order valence-electron chi connectivity index (χ1n) is 10.9. The van der Waals surface area contributed by atoms with Gasteiger partial charge in [-0.25, -0.2) is 33.3 Å². The molecule has 0 spiro atoms. The summed E-state index contributed by atoms with van der Waals surface area (Å²) >= 11 is 0. The molecule has 0 bridgehead atoms. The zero-order valence-corrected chi connectivity index (χ0v) is 21.7. The van der Waals surface area contributed by atoms with E-state index in [2.05, 4.69) is 40.7 Å². The molecule has 4 aromatic heterocycles. The summed E-state index contributed by atoms with van der Waals surface area (Å²) in [5.41, 5.74) is 0.0933. The topological polar surface area (TPSA) is 144 Å². The lowest BCUT2D eigenvalue weighted by molar-refractivity contribution is -0.141. The Bertz CT molecular complexity index is 1590. The van der Waals surface area contributed by atoms with Crippen LogP contribution in [0.25, 0.3) is 11.3 Å². The smallest absolute Gasteiger partial charge is 0.325 e. The van der Waals surface area contributed by atoms with Crippen LogP contribution in [0, 0.1) is 13.8 Å². The van der Waals surface area contributed by atoms with Gasteiger partial charge in [0.2, 0.25) is 10.0 Å². The molecule has 200 valence electrons. The number of pyridine rings is 1. The minimum atomic E-state index is -4.64. The Balaban J connectivity index is 1.70. The van der Waals surface area contributed by atoms with Gasteiger partial charge in [0.25, 0.3) is 0 Å². The number of alkyl halides is 3. The van der Waals surface area contributed by atoms with Gasteiger partial charge in [0.1, 0.15) is 29.6 Å². The van der Waals surface area contributed by atoms with E-state index in [1.807, 2.05) is 6.92 Å². The van der Waals surface area contributed by atoms with Crippen molar-refractivity contribution >= 4 is 39.0 Å². The third-order valence-corrected chi connectivity index (χ3v) is 6.50. The molecule has 0 aliphatic heterocycles. The Morgan fingerprint density at radius 3 is 2.24 bits per heavy atom. The van der Waals surface area contributed by atoms with Gasteiger partial charge in [-0.15, -0.1) is 0 Å². The van der Waals surface area contributed by atoms with Gasteiger partial charge in [0.15, 0.2) is 11.5 Å². The fourth-order valence-electron chi connectivity index (χ4n) is 3.51. The van der Waals surface area contributed by atoms with E-state index in [0.29, 0.717) is 17.5 Å². The average molecular weight is 549 g/mol. The third kappa shape index (κ3) is 5.96. The number of nitrogens with one attached hydrogen (secondary N) is 2. The molecular formula is C22H23F3N10O2S. The molecule has 16 heteroatoms. The number of aromatic nitrogens is 7. The summed E-state index contributed by atoms with van der Waals surface area (Å²) < 4.78 is 66.2. The molecule has 0 atom stereocenters. The minimum Gasteiger partial charge on any atom is -0.325 e. The summed E-state index contributed by atoms with van der Waals surface area (Å²) in [5.74, 6) is 1.86. The van der Waals surface area contributed by atoms with Crippen LogP contribution in [0.3, 0.4) is 0 Å². The van der Waals surface area contributed by atoms with Gasteiger partial charge in [-0.3, -0.25) is 8.99 Å². The van der Waals surface area contributed by atoms with Gasteiger partial charge in [0.05, 0.1) is 17.6 Å². The highest BCUT2D eigenvalue weighted by atomic mass is 32.2. The van der Waals surface area contributed by atoms with Crippen LogP contribution in [0.2, 0.25) is 0 Å². The Kier molecular flexibility index (Phi) is 6.92. The molecule has 0 aromatic carbocycles. The van der Waals surface area contributed by atoms with Gasteiger partial charge in [0, 0.05) is 43.7 Å². The van der Waals surface area contributed by atoms with Crippen LogP contribution in [0.4, 0.5) is 42.1 Å². The highest BCUT2D eigenvalue weighted by Crippen LogP contribution is 2.35. The van der Waals surface area contributed by atoms with Gasteiger partial charge in [-0.1, -0.05) is 0 Å². The van der Waals surface area contributed by atoms with Gasteiger partial charge in [-0.05, 0) is 26.0 Å². The van der Waals surface area contributed by atoms with Crippen LogP contribution >= 0.6 is 0 Å². The molecule has 0 unspecified atom stereocenters. The summed E-state index contributed by atoms with van der Waals surface area (Å²) in [4.78, 5) is 21.1. The molecule has 4 heterocycles. The Morgan fingerprint density at radius 1 is 0.947 bits per heavy atom. The van der Waals surface area contributed by atoms with Crippen LogP contribution < -0.4 is 14.9 Å². The SMILES string of the molecule is Cc1cc(Nc2cc(Nc3ncc(-c4cc(C(F)(F)F)nn4C)cc3N(C)S(C)(=O)=O)ncn2)nc(C)n1. The number of aryl methyl sites for hydroxylation is 3. The normalized spacial score (nSPS) is 11.9. The molecule has 0 aliphatic rings. The van der Waals surface area contributed by atoms with E-state index in [1.54, 1.807) is 19.1 Å². The highest BCUT2D eigenvalue weighted by Gasteiger charge is 2.35. The molecule has 0 radical (unpaired) electrons. The predicted molar refractivity (Wildman–Crippen MR) is 135 cm³/mol. The summed E-state index contributed by atoms with van der Waals surface area (Å²) in [7, 11) is -1.11. The Hall–Kier alpha value is -4.34. The maximum Gasteiger partial charge on any atom is 0.435 e. The summed E-state index contributed by atoms with van der Waals surface area (Å²) in [6.45, 7) is 3.59. The van der Waals surface area contributed by atoms with E-state index in [9.17, 15) is 21.6 Å². The molecule has 4 rings (SSSR count). The summed E-state index contributed by atoms with van der Waals surface area (Å²) in [6.07, 6.45) is -1.05. The lowest BCUT2D eigenvalue weighted by Gasteiger charge is -2.21. The highest BCUT2D eigenvalue weighted by molar-refractivity contribution is 7.92. The van der Waals surface area contributed by atoms with E-state index in [-0.39, 0.29) is 28.6 Å². The molecule has 38 heavy (non-hydrogen) atoms. The first-order chi connectivity index (χ1) is 17.7. The number of halogens is 3. The van der Waals surface area contributed by atoms with Crippen molar-refractivity contribution in [2.45, 2.75) is 20.0 Å². The second kappa shape index (κ2) is 9.85. The molecule has 2 N–H and O–H groups in total. The van der Waals surface area contributed by atoms with E-state index < -0.39 is 21.9 Å². The van der Waals surface area contributed by atoms with Gasteiger partial charge >= 0.3 is 6.18 Å². The van der Waals surface area contributed by atoms with Crippen molar-refractivity contribution in [2.75, 3.05) is 28.2 Å². The second-order valence-corrected chi connectivity index (χ2v) is 10.4. The predicted octanol–water partition coefficient (Wildman–Crippen LogP) is 3.58. The first-order valence-corrected chi connectivity index (χ1v) is 12.8. The summed E-state index contributed by atoms with van der Waals surface area (Å²) in [6, 6.07) is 5.57. The standard InChI is InChI=1S/C22H23F3N10O2S/c1-12-6-20(30-13(2)29-12)31-18-9-19(28-11-27-18)32-21-16(35(4)38(5,36)37)7-14(10-26-21)15-8-17(22(23,24)25)33-34(15)3/h6-11H,1-5H3,(H2,26,27,28,29,30,31,32). The van der Waals surface area contributed by atoms with E-state index >= 15 is 0 Å². The van der Waals surface area contributed by atoms with Crippen LogP contribution in [0.15, 0.2) is 36.8 Å². The number of sulfonamides is 1. The fraction of sp³-hybridized carbons (Fsp3) is 0.273. The van der Waals surface area contributed by atoms with Crippen LogP contribution in [-0.2, 0) is 23.2 Å². The molecule has 0 amide bonds. The molecular weight excluding hydrogens is 525 g/mol. The van der Waals surface area contributed by atoms with E-state index in [1.165, 1.54) is 32.7 Å². The van der Waals surface area contributed by atoms with E-state index in [0.717, 1.165) is 27.0 Å². The first kappa shape index (κ1) is 26.7. The van der Waals surface area contributed by atoms with Crippen LogP contribution in [0.5, 0.6) is 0 Å². The zero-order valence-electron chi connectivity index (χ0n) is 20.9. The van der Waals surface area contributed by atoms with Gasteiger partial charge in [-0.2, -0.15) is 18.3 Å². The maximum absolute atomic E-state index is 13.2. The van der Waals surface area contributed by atoms with Gasteiger partial charge < -0.3 is 10.6 Å². The third-order valence-electron chi connectivity index (χ3n) is 5.31. The quantitative estimate of drug-likeness (QED) is 0.352. The van der Waals surface area contributed by atoms with Crippen molar-refractivity contribution in [1.29, 1.82) is 0 Å². The Labute approximate surface area is 216 Å². The monoisotopic (exact) mass is 548 g/mol. The number of nitrogens with zero attached hydrogens (tertiary/aromatic N) is 8. The number of hydrogen-bond donors (Lipinski definition) is 2. The largest absolute Gasteiger partial charge is 0.435 e. The zero-order chi connectivity index (χ0) is 27.8. The molecule has 0 saturated heterocycles. The minimum absolute atomic E-state index is 0.0786. The van der Waals surface area contributed by atoms with Crippen molar-refractivity contribution < 1.29 is 21.6 Å². The molecule has 12 nitrogen and oxygen atoms in total. The number of anilines is 5. The lowest BCUT2D eigenvalue weighted by Crippen LogP contribution is -2.26. The number of hydrogen-bond acceptors (Lipinski definition) is 10. The van der Waals surface area contributed by atoms with Crippen LogP contribution in [-0.4, -0.2) is 56.4 Å². The van der Waals surface area contributed by atoms with Crippen LogP contribution in [0.1, 0.15) is 17.2 Å². The van der Waals surface area contributed by atoms with Crippen molar-refractivity contribution in [3.8, 4) is 11.3 Å². The fourth-order valence-corrected chi connectivity index (χ4v) is 4.01. The van der Waals surface area contributed by atoms with E-state index in [4.69, 9.17) is 0 Å². The molecule has 0 aliphatic carbocycles. The number of rotatable bonds is 7. The van der Waals surface area contributed by atoms with Crippen molar-refractivity contribution in [3.05, 3.63) is 54.0 Å². The average Bonchev–Trinajstić information content (AvgIpc) is 3.20. The molecule has 4 aromatic rings. The van der Waals surface area contributed by atoms with Crippen molar-refractivity contribution in [2.24, 2.45) is 7.05 Å². The lowest BCUT2D eigenvalue weighted by atomic mass is 10.1. The van der Waals surface area contributed by atoms with Crippen molar-refractivity contribution in [1.82, 2.24) is 34.7 Å². The second-order valence-electron chi connectivity index (χ2n) is 8.34. The Morgan fingerprint density at radius 2 is 1.63 bits per heavy atom. The molecule has 0 saturated carbocycles. The molecule has 0 fully saturated rings. The maximum atomic E-state index is 13.2. The summed E-state index contributed by atoms with van der Waals surface area (Å²) in [5, 5.41) is 9.52. The van der Waals surface area contributed by atoms with Crippen molar-refractivity contribution in [3.63, 3.8) is 0 Å².